The zero-order chi connectivity index (χ0) is 33.0. The number of hydrogen-bond donors (Lipinski definition) is 0. The first-order valence-corrected chi connectivity index (χ1v) is 16.7. The second-order valence-electron chi connectivity index (χ2n) is 12.4. The topological polar surface area (TPSA) is 56.7 Å². The van der Waals surface area contributed by atoms with E-state index in [9.17, 15) is 0 Å². The largest absolute Gasteiger partial charge is 0.454 e. The van der Waals surface area contributed by atoms with E-state index in [4.69, 9.17) is 19.4 Å². The molecule has 0 saturated carbocycles. The van der Waals surface area contributed by atoms with Crippen LogP contribution in [-0.2, 0) is 0 Å². The zero-order valence-electron chi connectivity index (χ0n) is 26.9. The Labute approximate surface area is 287 Å². The van der Waals surface area contributed by atoms with Crippen molar-refractivity contribution in [1.82, 2.24) is 19.5 Å². The van der Waals surface area contributed by atoms with Crippen molar-refractivity contribution in [3.05, 3.63) is 170 Å². The lowest BCUT2D eigenvalue weighted by Gasteiger charge is -2.13. The van der Waals surface area contributed by atoms with Gasteiger partial charge in [0.05, 0.1) is 16.7 Å². The molecule has 3 aromatic heterocycles. The molecule has 5 heteroatoms. The van der Waals surface area contributed by atoms with E-state index >= 15 is 0 Å². The fourth-order valence-corrected chi connectivity index (χ4v) is 7.25. The van der Waals surface area contributed by atoms with Crippen molar-refractivity contribution in [1.29, 1.82) is 0 Å². The van der Waals surface area contributed by atoms with E-state index in [1.165, 1.54) is 0 Å². The number of fused-ring (bicyclic) bond motifs is 6. The van der Waals surface area contributed by atoms with Gasteiger partial charge in [0.1, 0.15) is 5.58 Å². The Morgan fingerprint density at radius 3 is 1.66 bits per heavy atom. The van der Waals surface area contributed by atoms with Crippen LogP contribution in [0.2, 0.25) is 0 Å². The van der Waals surface area contributed by atoms with Crippen LogP contribution < -0.4 is 0 Å². The molecule has 0 radical (unpaired) electrons. The second-order valence-corrected chi connectivity index (χ2v) is 12.4. The van der Waals surface area contributed by atoms with E-state index in [-0.39, 0.29) is 0 Å². The Hall–Kier alpha value is -6.85. The average Bonchev–Trinajstić information content (AvgIpc) is 3.75. The number of nitrogens with zero attached hydrogens (tertiary/aromatic N) is 4. The first-order chi connectivity index (χ1) is 24.8. The summed E-state index contributed by atoms with van der Waals surface area (Å²) < 4.78 is 9.13. The molecule has 0 aliphatic carbocycles. The van der Waals surface area contributed by atoms with Crippen LogP contribution in [0.4, 0.5) is 0 Å². The van der Waals surface area contributed by atoms with Crippen LogP contribution in [0, 0.1) is 0 Å². The molecule has 0 atom stereocenters. The van der Waals surface area contributed by atoms with Gasteiger partial charge in [-0.05, 0) is 35.4 Å². The van der Waals surface area contributed by atoms with E-state index in [0.717, 1.165) is 77.2 Å². The van der Waals surface area contributed by atoms with Crippen LogP contribution in [0.15, 0.2) is 174 Å². The Bertz CT molecular complexity index is 2800. The number of para-hydroxylation sites is 3. The Morgan fingerprint density at radius 2 is 0.940 bits per heavy atom. The molecule has 0 spiro atoms. The summed E-state index contributed by atoms with van der Waals surface area (Å²) in [6.07, 6.45) is 0. The lowest BCUT2D eigenvalue weighted by molar-refractivity contribution is 0.666. The minimum atomic E-state index is 0.607. The number of rotatable bonds is 5. The number of benzene rings is 7. The molecule has 7 aromatic carbocycles. The summed E-state index contributed by atoms with van der Waals surface area (Å²) >= 11 is 0. The summed E-state index contributed by atoms with van der Waals surface area (Å²) in [6.45, 7) is 0. The monoisotopic (exact) mass is 640 g/mol. The smallest absolute Gasteiger partial charge is 0.166 e. The maximum absolute atomic E-state index is 6.80. The van der Waals surface area contributed by atoms with Gasteiger partial charge >= 0.3 is 0 Å². The fourth-order valence-electron chi connectivity index (χ4n) is 7.25. The quantitative estimate of drug-likeness (QED) is 0.188. The molecule has 0 fully saturated rings. The first-order valence-electron chi connectivity index (χ1n) is 16.7. The van der Waals surface area contributed by atoms with Crippen LogP contribution in [0.3, 0.4) is 0 Å². The molecule has 5 nitrogen and oxygen atoms in total. The molecule has 0 aliphatic rings. The Kier molecular flexibility index (Phi) is 6.42. The minimum absolute atomic E-state index is 0.607. The second kappa shape index (κ2) is 11.4. The molecule has 10 rings (SSSR count). The first kappa shape index (κ1) is 28.2. The standard InChI is InChI=1S/C45H28N4O/c1-4-15-29(16-5-1)32-22-14-28-39-40(32)35-24-13-27-38(42(35)50-39)49-37-26-11-10-21-33(37)34-23-12-25-36(41(34)49)45-47-43(30-17-6-2-7-18-30)46-44(48-45)31-19-8-3-9-20-31/h1-28H. The van der Waals surface area contributed by atoms with Crippen molar-refractivity contribution in [2.24, 2.45) is 0 Å². The molecule has 10 aromatic rings. The Morgan fingerprint density at radius 1 is 0.400 bits per heavy atom. The van der Waals surface area contributed by atoms with Crippen LogP contribution in [0.25, 0.3) is 94.7 Å². The van der Waals surface area contributed by atoms with Gasteiger partial charge in [-0.15, -0.1) is 0 Å². The molecule has 0 unspecified atom stereocenters. The van der Waals surface area contributed by atoms with E-state index in [1.54, 1.807) is 0 Å². The predicted octanol–water partition coefficient (Wildman–Crippen LogP) is 11.5. The van der Waals surface area contributed by atoms with Crippen LogP contribution in [-0.4, -0.2) is 19.5 Å². The van der Waals surface area contributed by atoms with Gasteiger partial charge in [-0.1, -0.05) is 146 Å². The Balaban J connectivity index is 1.29. The third kappa shape index (κ3) is 4.45. The SMILES string of the molecule is c1ccc(-c2nc(-c3ccccc3)nc(-c3cccc4c5ccccc5n(-c5cccc6c5oc5cccc(-c7ccccc7)c56)c34)n2)cc1. The molecule has 0 saturated heterocycles. The summed E-state index contributed by atoms with van der Waals surface area (Å²) in [4.78, 5) is 15.2. The normalized spacial score (nSPS) is 11.6. The molecule has 3 heterocycles. The van der Waals surface area contributed by atoms with Crippen molar-refractivity contribution < 1.29 is 4.42 Å². The fraction of sp³-hybridized carbons (Fsp3) is 0. The van der Waals surface area contributed by atoms with Crippen molar-refractivity contribution >= 4 is 43.7 Å². The van der Waals surface area contributed by atoms with E-state index in [1.807, 2.05) is 66.7 Å². The molecular formula is C45H28N4O. The van der Waals surface area contributed by atoms with E-state index in [2.05, 4.69) is 108 Å². The van der Waals surface area contributed by atoms with Crippen LogP contribution in [0.1, 0.15) is 0 Å². The summed E-state index contributed by atoms with van der Waals surface area (Å²) in [5.74, 6) is 1.86. The van der Waals surface area contributed by atoms with Gasteiger partial charge in [0, 0.05) is 38.2 Å². The lowest BCUT2D eigenvalue weighted by Crippen LogP contribution is -2.02. The van der Waals surface area contributed by atoms with Crippen molar-refractivity contribution in [2.75, 3.05) is 0 Å². The summed E-state index contributed by atoms with van der Waals surface area (Å²) in [5, 5.41) is 4.43. The molecule has 234 valence electrons. The van der Waals surface area contributed by atoms with Gasteiger partial charge < -0.3 is 8.98 Å². The average molecular weight is 641 g/mol. The molecule has 0 aliphatic heterocycles. The highest BCUT2D eigenvalue weighted by molar-refractivity contribution is 6.17. The van der Waals surface area contributed by atoms with Gasteiger partial charge in [0.2, 0.25) is 0 Å². The third-order valence-electron chi connectivity index (χ3n) is 9.46. The molecule has 50 heavy (non-hydrogen) atoms. The maximum Gasteiger partial charge on any atom is 0.166 e. The number of hydrogen-bond acceptors (Lipinski definition) is 4. The van der Waals surface area contributed by atoms with E-state index in [0.29, 0.717) is 17.5 Å². The van der Waals surface area contributed by atoms with Gasteiger partial charge in [0.15, 0.2) is 23.1 Å². The zero-order valence-corrected chi connectivity index (χ0v) is 26.9. The van der Waals surface area contributed by atoms with Crippen LogP contribution in [0.5, 0.6) is 0 Å². The van der Waals surface area contributed by atoms with Gasteiger partial charge in [-0.25, -0.2) is 15.0 Å². The maximum atomic E-state index is 6.80. The molecule has 0 amide bonds. The van der Waals surface area contributed by atoms with Crippen molar-refractivity contribution in [2.45, 2.75) is 0 Å². The number of furan rings is 1. The highest BCUT2D eigenvalue weighted by Gasteiger charge is 2.23. The van der Waals surface area contributed by atoms with Gasteiger partial charge in [-0.2, -0.15) is 0 Å². The molecule has 0 bridgehead atoms. The highest BCUT2D eigenvalue weighted by Crippen LogP contribution is 2.43. The van der Waals surface area contributed by atoms with E-state index < -0.39 is 0 Å². The summed E-state index contributed by atoms with van der Waals surface area (Å²) in [7, 11) is 0. The van der Waals surface area contributed by atoms with Crippen molar-refractivity contribution in [3.63, 3.8) is 0 Å². The van der Waals surface area contributed by atoms with Crippen LogP contribution >= 0.6 is 0 Å². The lowest BCUT2D eigenvalue weighted by atomic mass is 9.99. The predicted molar refractivity (Wildman–Crippen MR) is 203 cm³/mol. The van der Waals surface area contributed by atoms with Gasteiger partial charge in [0.25, 0.3) is 0 Å². The summed E-state index contributed by atoms with van der Waals surface area (Å²) in [6, 6.07) is 58.4. The molecular weight excluding hydrogens is 613 g/mol. The molecule has 0 N–H and O–H groups in total. The minimum Gasteiger partial charge on any atom is -0.454 e. The van der Waals surface area contributed by atoms with Gasteiger partial charge in [-0.3, -0.25) is 0 Å². The number of aromatic nitrogens is 4. The highest BCUT2D eigenvalue weighted by atomic mass is 16.3. The summed E-state index contributed by atoms with van der Waals surface area (Å²) in [5.41, 5.74) is 9.80. The van der Waals surface area contributed by atoms with Crippen molar-refractivity contribution in [3.8, 4) is 51.0 Å². The third-order valence-corrected chi connectivity index (χ3v) is 9.46.